The number of hydrogen-bond acceptors (Lipinski definition) is 4. The molecule has 0 unspecified atom stereocenters. The molecule has 23 heavy (non-hydrogen) atoms. The van der Waals surface area contributed by atoms with Gasteiger partial charge >= 0.3 is 6.03 Å². The van der Waals surface area contributed by atoms with Crippen molar-refractivity contribution >= 4 is 34.4 Å². The summed E-state index contributed by atoms with van der Waals surface area (Å²) in [5.74, 6) is 0. The van der Waals surface area contributed by atoms with Crippen molar-refractivity contribution in [2.24, 2.45) is 0 Å². The Bertz CT molecular complexity index is 792. The fourth-order valence-corrected chi connectivity index (χ4v) is 3.87. The number of nitrogens with one attached hydrogen (secondary N) is 2. The second-order valence-corrected chi connectivity index (χ2v) is 7.21. The predicted octanol–water partition coefficient (Wildman–Crippen LogP) is 4.81. The zero-order valence-corrected chi connectivity index (χ0v) is 14.6. The monoisotopic (exact) mass is 343 g/mol. The van der Waals surface area contributed by atoms with E-state index in [9.17, 15) is 4.79 Å². The van der Waals surface area contributed by atoms with Gasteiger partial charge in [0.25, 0.3) is 0 Å². The Balaban J connectivity index is 1.59. The molecule has 4 nitrogen and oxygen atoms in total. The van der Waals surface area contributed by atoms with Crippen LogP contribution in [0.5, 0.6) is 0 Å². The van der Waals surface area contributed by atoms with E-state index in [1.165, 1.54) is 0 Å². The number of anilines is 1. The Morgan fingerprint density at radius 2 is 1.96 bits per heavy atom. The first-order valence-electron chi connectivity index (χ1n) is 7.23. The van der Waals surface area contributed by atoms with Crippen LogP contribution in [0.25, 0.3) is 9.88 Å². The van der Waals surface area contributed by atoms with Gasteiger partial charge in [0.1, 0.15) is 5.01 Å². The first-order chi connectivity index (χ1) is 11.1. The largest absolute Gasteiger partial charge is 0.333 e. The molecule has 2 N–H and O–H groups in total. The minimum absolute atomic E-state index is 0.209. The lowest BCUT2D eigenvalue weighted by Gasteiger charge is -2.07. The molecule has 1 aromatic carbocycles. The highest BCUT2D eigenvalue weighted by Crippen LogP contribution is 2.30. The maximum atomic E-state index is 12.0. The zero-order chi connectivity index (χ0) is 16.2. The van der Waals surface area contributed by atoms with Gasteiger partial charge < -0.3 is 10.6 Å². The molecule has 118 valence electrons. The molecule has 2 amide bonds. The van der Waals surface area contributed by atoms with E-state index in [1.807, 2.05) is 49.6 Å². The Hall–Kier alpha value is -2.18. The van der Waals surface area contributed by atoms with Crippen molar-refractivity contribution in [1.29, 1.82) is 0 Å². The van der Waals surface area contributed by atoms with Gasteiger partial charge in [0.15, 0.2) is 0 Å². The SMILES string of the molecule is Cc1ccc(NC(=O)NCc2sc(-c3cccs3)nc2C)cc1. The minimum atomic E-state index is -0.209. The molecule has 0 fully saturated rings. The van der Waals surface area contributed by atoms with Crippen molar-refractivity contribution in [3.8, 4) is 9.88 Å². The van der Waals surface area contributed by atoms with Gasteiger partial charge in [-0.1, -0.05) is 23.8 Å². The fraction of sp³-hybridized carbons (Fsp3) is 0.176. The molecule has 0 spiro atoms. The van der Waals surface area contributed by atoms with E-state index in [0.717, 1.165) is 31.7 Å². The third kappa shape index (κ3) is 3.97. The summed E-state index contributed by atoms with van der Waals surface area (Å²) in [7, 11) is 0. The maximum absolute atomic E-state index is 12.0. The number of nitrogens with zero attached hydrogens (tertiary/aromatic N) is 1. The topological polar surface area (TPSA) is 54.0 Å². The Labute approximate surface area is 143 Å². The minimum Gasteiger partial charge on any atom is -0.333 e. The van der Waals surface area contributed by atoms with Gasteiger partial charge in [0.05, 0.1) is 17.1 Å². The van der Waals surface area contributed by atoms with Crippen molar-refractivity contribution in [2.75, 3.05) is 5.32 Å². The third-order valence-corrected chi connectivity index (χ3v) is 5.54. The molecule has 3 rings (SSSR count). The molecule has 6 heteroatoms. The van der Waals surface area contributed by atoms with E-state index in [-0.39, 0.29) is 6.03 Å². The summed E-state index contributed by atoms with van der Waals surface area (Å²) < 4.78 is 0. The quantitative estimate of drug-likeness (QED) is 0.714. The van der Waals surface area contributed by atoms with Gasteiger partial charge in [-0.25, -0.2) is 9.78 Å². The highest BCUT2D eigenvalue weighted by molar-refractivity contribution is 7.21. The van der Waals surface area contributed by atoms with E-state index < -0.39 is 0 Å². The number of hydrogen-bond donors (Lipinski definition) is 2. The lowest BCUT2D eigenvalue weighted by molar-refractivity contribution is 0.252. The third-order valence-electron chi connectivity index (χ3n) is 3.34. The Morgan fingerprint density at radius 3 is 2.65 bits per heavy atom. The number of thiazole rings is 1. The number of aryl methyl sites for hydroxylation is 2. The molecular weight excluding hydrogens is 326 g/mol. The maximum Gasteiger partial charge on any atom is 0.319 e. The lowest BCUT2D eigenvalue weighted by Crippen LogP contribution is -2.28. The van der Waals surface area contributed by atoms with E-state index in [1.54, 1.807) is 22.7 Å². The number of benzene rings is 1. The molecule has 2 aromatic heterocycles. The number of aromatic nitrogens is 1. The van der Waals surface area contributed by atoms with Crippen LogP contribution in [0.4, 0.5) is 10.5 Å². The smallest absolute Gasteiger partial charge is 0.319 e. The number of thiophene rings is 1. The van der Waals surface area contributed by atoms with Crippen molar-refractivity contribution < 1.29 is 4.79 Å². The van der Waals surface area contributed by atoms with E-state index >= 15 is 0 Å². The predicted molar refractivity (Wildman–Crippen MR) is 97.2 cm³/mol. The number of rotatable bonds is 4. The summed E-state index contributed by atoms with van der Waals surface area (Å²) in [5, 5.41) is 8.76. The molecule has 0 atom stereocenters. The molecule has 0 saturated carbocycles. The van der Waals surface area contributed by atoms with Gasteiger partial charge in [0.2, 0.25) is 0 Å². The summed E-state index contributed by atoms with van der Waals surface area (Å²) in [6.45, 7) is 4.47. The summed E-state index contributed by atoms with van der Waals surface area (Å²) in [5.41, 5.74) is 2.92. The molecule has 2 heterocycles. The van der Waals surface area contributed by atoms with Crippen LogP contribution >= 0.6 is 22.7 Å². The van der Waals surface area contributed by atoms with Crippen LogP contribution in [0.15, 0.2) is 41.8 Å². The van der Waals surface area contributed by atoms with E-state index in [4.69, 9.17) is 0 Å². The average molecular weight is 343 g/mol. The lowest BCUT2D eigenvalue weighted by atomic mass is 10.2. The van der Waals surface area contributed by atoms with Crippen molar-refractivity contribution in [1.82, 2.24) is 10.3 Å². The molecule has 0 aliphatic rings. The Kier molecular flexibility index (Phi) is 4.73. The molecule has 0 aliphatic carbocycles. The van der Waals surface area contributed by atoms with E-state index in [0.29, 0.717) is 6.54 Å². The average Bonchev–Trinajstić information content (AvgIpc) is 3.17. The highest BCUT2D eigenvalue weighted by Gasteiger charge is 2.11. The first-order valence-corrected chi connectivity index (χ1v) is 8.93. The van der Waals surface area contributed by atoms with Crippen LogP contribution in [0.1, 0.15) is 16.1 Å². The van der Waals surface area contributed by atoms with Gasteiger partial charge in [-0.2, -0.15) is 0 Å². The number of amides is 2. The fourth-order valence-electron chi connectivity index (χ4n) is 2.07. The van der Waals surface area contributed by atoms with Crippen LogP contribution in [0.3, 0.4) is 0 Å². The van der Waals surface area contributed by atoms with Crippen LogP contribution in [-0.2, 0) is 6.54 Å². The Morgan fingerprint density at radius 1 is 1.17 bits per heavy atom. The second kappa shape index (κ2) is 6.93. The molecule has 0 saturated heterocycles. The summed E-state index contributed by atoms with van der Waals surface area (Å²) in [4.78, 5) is 18.8. The summed E-state index contributed by atoms with van der Waals surface area (Å²) in [6, 6.07) is 11.6. The van der Waals surface area contributed by atoms with Gasteiger partial charge in [-0.15, -0.1) is 22.7 Å². The van der Waals surface area contributed by atoms with Crippen molar-refractivity contribution in [3.05, 3.63) is 57.9 Å². The number of urea groups is 1. The van der Waals surface area contributed by atoms with Gasteiger partial charge in [-0.05, 0) is 37.4 Å². The summed E-state index contributed by atoms with van der Waals surface area (Å²) in [6.07, 6.45) is 0. The van der Waals surface area contributed by atoms with Crippen molar-refractivity contribution in [2.45, 2.75) is 20.4 Å². The molecule has 0 aliphatic heterocycles. The second-order valence-electron chi connectivity index (χ2n) is 5.18. The normalized spacial score (nSPS) is 10.5. The van der Waals surface area contributed by atoms with Gasteiger partial charge in [-0.3, -0.25) is 0 Å². The molecule has 0 radical (unpaired) electrons. The molecular formula is C17H17N3OS2. The van der Waals surface area contributed by atoms with Crippen LogP contribution in [-0.4, -0.2) is 11.0 Å². The van der Waals surface area contributed by atoms with E-state index in [2.05, 4.69) is 21.7 Å². The number of carbonyl (C=O) groups is 1. The first kappa shape index (κ1) is 15.7. The van der Waals surface area contributed by atoms with Crippen LogP contribution in [0.2, 0.25) is 0 Å². The number of carbonyl (C=O) groups excluding carboxylic acids is 1. The molecule has 3 aromatic rings. The molecule has 0 bridgehead atoms. The highest BCUT2D eigenvalue weighted by atomic mass is 32.1. The van der Waals surface area contributed by atoms with Crippen LogP contribution in [0, 0.1) is 13.8 Å². The van der Waals surface area contributed by atoms with Crippen LogP contribution < -0.4 is 10.6 Å². The van der Waals surface area contributed by atoms with Gasteiger partial charge in [0, 0.05) is 10.6 Å². The van der Waals surface area contributed by atoms with Crippen molar-refractivity contribution in [3.63, 3.8) is 0 Å². The zero-order valence-electron chi connectivity index (χ0n) is 12.9. The summed E-state index contributed by atoms with van der Waals surface area (Å²) >= 11 is 3.30. The standard InChI is InChI=1S/C17H17N3OS2/c1-11-5-7-13(8-6-11)20-17(21)18-10-15-12(2)19-16(23-15)14-4-3-9-22-14/h3-9H,10H2,1-2H3,(H2,18,20,21).